The summed E-state index contributed by atoms with van der Waals surface area (Å²) in [5.74, 6) is 1.22. The quantitative estimate of drug-likeness (QED) is 0.661. The van der Waals surface area contributed by atoms with E-state index in [1.165, 1.54) is 0 Å². The first-order valence-corrected chi connectivity index (χ1v) is 8.79. The fraction of sp³-hybridized carbons (Fsp3) is 0.350. The van der Waals surface area contributed by atoms with E-state index in [1.807, 2.05) is 50.2 Å². The summed E-state index contributed by atoms with van der Waals surface area (Å²) in [4.78, 5) is 12.0. The average molecular weight is 362 g/mol. The van der Waals surface area contributed by atoms with Gasteiger partial charge in [0.25, 0.3) is 5.91 Å². The second kappa shape index (κ2) is 9.33. The Bertz CT molecular complexity index is 690. The maximum absolute atomic E-state index is 12.0. The molecule has 1 amide bonds. The zero-order valence-corrected chi connectivity index (χ0v) is 15.7. The molecule has 4 nitrogen and oxygen atoms in total. The number of halogens is 1. The smallest absolute Gasteiger partial charge is 0.262 e. The van der Waals surface area contributed by atoms with Crippen molar-refractivity contribution in [3.05, 3.63) is 52.5 Å². The topological polar surface area (TPSA) is 47.6 Å². The third-order valence-corrected chi connectivity index (χ3v) is 4.28. The molecule has 0 saturated carbocycles. The summed E-state index contributed by atoms with van der Waals surface area (Å²) >= 11 is 6.13. The van der Waals surface area contributed by atoms with Crippen LogP contribution in [-0.2, 0) is 4.79 Å². The van der Waals surface area contributed by atoms with Gasteiger partial charge in [0, 0.05) is 10.7 Å². The van der Waals surface area contributed by atoms with E-state index < -0.39 is 0 Å². The lowest BCUT2D eigenvalue weighted by atomic mass is 10.1. The first kappa shape index (κ1) is 19.1. The van der Waals surface area contributed by atoms with Gasteiger partial charge in [0.2, 0.25) is 0 Å². The van der Waals surface area contributed by atoms with Crippen LogP contribution >= 0.6 is 11.6 Å². The van der Waals surface area contributed by atoms with Gasteiger partial charge in [-0.2, -0.15) is 0 Å². The van der Waals surface area contributed by atoms with Crippen LogP contribution in [0.3, 0.4) is 0 Å². The number of carbonyl (C=O) groups excluding carboxylic acids is 1. The molecule has 0 bridgehead atoms. The van der Waals surface area contributed by atoms with Crippen molar-refractivity contribution >= 4 is 23.2 Å². The predicted molar refractivity (Wildman–Crippen MR) is 102 cm³/mol. The van der Waals surface area contributed by atoms with Crippen molar-refractivity contribution in [2.45, 2.75) is 33.6 Å². The molecule has 0 aliphatic heterocycles. The van der Waals surface area contributed by atoms with Gasteiger partial charge in [-0.25, -0.2) is 0 Å². The normalized spacial score (nSPS) is 10.4. The van der Waals surface area contributed by atoms with E-state index >= 15 is 0 Å². The Morgan fingerprint density at radius 3 is 2.28 bits per heavy atom. The fourth-order valence-corrected chi connectivity index (χ4v) is 2.41. The fourth-order valence-electron chi connectivity index (χ4n) is 2.30. The number of nitrogens with one attached hydrogen (secondary N) is 1. The highest BCUT2D eigenvalue weighted by Gasteiger charge is 2.07. The Labute approximate surface area is 154 Å². The SMILES string of the molecule is CCCCOc1ccc(NC(=O)COc2cc(C)c(Cl)c(C)c2)cc1. The van der Waals surface area contributed by atoms with E-state index in [9.17, 15) is 4.79 Å². The molecule has 2 aromatic carbocycles. The molecule has 0 saturated heterocycles. The van der Waals surface area contributed by atoms with E-state index in [-0.39, 0.29) is 12.5 Å². The van der Waals surface area contributed by atoms with Crippen LogP contribution in [0.15, 0.2) is 36.4 Å². The molecule has 0 spiro atoms. The molecule has 2 aromatic rings. The molecule has 0 heterocycles. The largest absolute Gasteiger partial charge is 0.494 e. The lowest BCUT2D eigenvalue weighted by Crippen LogP contribution is -2.20. The Hall–Kier alpha value is -2.20. The minimum absolute atomic E-state index is 0.0603. The second-order valence-corrected chi connectivity index (χ2v) is 6.31. The summed E-state index contributed by atoms with van der Waals surface area (Å²) in [7, 11) is 0. The molecule has 0 radical (unpaired) electrons. The van der Waals surface area contributed by atoms with Gasteiger partial charge in [-0.05, 0) is 67.8 Å². The minimum Gasteiger partial charge on any atom is -0.494 e. The maximum atomic E-state index is 12.0. The van der Waals surface area contributed by atoms with Crippen LogP contribution in [0.25, 0.3) is 0 Å². The van der Waals surface area contributed by atoms with Gasteiger partial charge in [-0.1, -0.05) is 24.9 Å². The van der Waals surface area contributed by atoms with E-state index in [4.69, 9.17) is 21.1 Å². The van der Waals surface area contributed by atoms with Crippen LogP contribution in [0.4, 0.5) is 5.69 Å². The number of hydrogen-bond acceptors (Lipinski definition) is 3. The van der Waals surface area contributed by atoms with Crippen LogP contribution in [0.5, 0.6) is 11.5 Å². The number of benzene rings is 2. The van der Waals surface area contributed by atoms with Crippen molar-refractivity contribution in [3.63, 3.8) is 0 Å². The lowest BCUT2D eigenvalue weighted by molar-refractivity contribution is -0.118. The highest BCUT2D eigenvalue weighted by molar-refractivity contribution is 6.32. The number of anilines is 1. The number of ether oxygens (including phenoxy) is 2. The third-order valence-electron chi connectivity index (χ3n) is 3.68. The van der Waals surface area contributed by atoms with Gasteiger partial charge in [0.1, 0.15) is 11.5 Å². The molecule has 2 rings (SSSR count). The van der Waals surface area contributed by atoms with Crippen LogP contribution in [0.1, 0.15) is 30.9 Å². The van der Waals surface area contributed by atoms with Crippen molar-refractivity contribution in [3.8, 4) is 11.5 Å². The molecule has 0 aliphatic rings. The Balaban J connectivity index is 1.84. The molecule has 25 heavy (non-hydrogen) atoms. The molecule has 1 N–H and O–H groups in total. The number of hydrogen-bond donors (Lipinski definition) is 1. The summed E-state index contributed by atoms with van der Waals surface area (Å²) in [6.45, 7) is 6.58. The Morgan fingerprint density at radius 1 is 1.04 bits per heavy atom. The van der Waals surface area contributed by atoms with Gasteiger partial charge in [-0.15, -0.1) is 0 Å². The minimum atomic E-state index is -0.218. The zero-order chi connectivity index (χ0) is 18.2. The second-order valence-electron chi connectivity index (χ2n) is 5.93. The van der Waals surface area contributed by atoms with Crippen molar-refractivity contribution < 1.29 is 14.3 Å². The van der Waals surface area contributed by atoms with Crippen molar-refractivity contribution in [1.82, 2.24) is 0 Å². The third kappa shape index (κ3) is 5.98. The summed E-state index contributed by atoms with van der Waals surface area (Å²) in [6.07, 6.45) is 2.13. The number of rotatable bonds is 8. The molecule has 5 heteroatoms. The molecular formula is C20H24ClNO3. The van der Waals surface area contributed by atoms with Gasteiger partial charge in [-0.3, -0.25) is 4.79 Å². The molecule has 0 unspecified atom stereocenters. The van der Waals surface area contributed by atoms with Crippen molar-refractivity contribution in [1.29, 1.82) is 0 Å². The first-order valence-electron chi connectivity index (χ1n) is 8.42. The van der Waals surface area contributed by atoms with E-state index in [0.29, 0.717) is 18.0 Å². The van der Waals surface area contributed by atoms with Gasteiger partial charge < -0.3 is 14.8 Å². The summed E-state index contributed by atoms with van der Waals surface area (Å²) in [6, 6.07) is 11.0. The zero-order valence-electron chi connectivity index (χ0n) is 14.9. The Morgan fingerprint density at radius 2 is 1.68 bits per heavy atom. The molecule has 0 aliphatic carbocycles. The van der Waals surface area contributed by atoms with Crippen molar-refractivity contribution in [2.75, 3.05) is 18.5 Å². The summed E-state index contributed by atoms with van der Waals surface area (Å²) in [5.41, 5.74) is 2.56. The number of aryl methyl sites for hydroxylation is 2. The van der Waals surface area contributed by atoms with Gasteiger partial charge in [0.15, 0.2) is 6.61 Å². The van der Waals surface area contributed by atoms with Crippen LogP contribution in [0, 0.1) is 13.8 Å². The Kier molecular flexibility index (Phi) is 7.14. The monoisotopic (exact) mass is 361 g/mol. The molecule has 0 aromatic heterocycles. The molecule has 134 valence electrons. The van der Waals surface area contributed by atoms with Crippen LogP contribution < -0.4 is 14.8 Å². The average Bonchev–Trinajstić information content (AvgIpc) is 2.59. The maximum Gasteiger partial charge on any atom is 0.262 e. The van der Waals surface area contributed by atoms with Crippen molar-refractivity contribution in [2.24, 2.45) is 0 Å². The summed E-state index contributed by atoms with van der Waals surface area (Å²) < 4.78 is 11.1. The lowest BCUT2D eigenvalue weighted by Gasteiger charge is -2.11. The van der Waals surface area contributed by atoms with Gasteiger partial charge in [0.05, 0.1) is 6.61 Å². The van der Waals surface area contributed by atoms with Gasteiger partial charge >= 0.3 is 0 Å². The first-order chi connectivity index (χ1) is 12.0. The number of amides is 1. The molecular weight excluding hydrogens is 338 g/mol. The number of unbranched alkanes of at least 4 members (excludes halogenated alkanes) is 1. The molecule has 0 atom stereocenters. The highest BCUT2D eigenvalue weighted by atomic mass is 35.5. The predicted octanol–water partition coefficient (Wildman–Crippen LogP) is 5.15. The van der Waals surface area contributed by atoms with Crippen LogP contribution in [-0.4, -0.2) is 19.1 Å². The summed E-state index contributed by atoms with van der Waals surface area (Å²) in [5, 5.41) is 3.52. The van der Waals surface area contributed by atoms with E-state index in [0.717, 1.165) is 34.7 Å². The van der Waals surface area contributed by atoms with E-state index in [1.54, 1.807) is 0 Å². The van der Waals surface area contributed by atoms with Crippen LogP contribution in [0.2, 0.25) is 5.02 Å². The molecule has 0 fully saturated rings. The van der Waals surface area contributed by atoms with E-state index in [2.05, 4.69) is 12.2 Å². The number of carbonyl (C=O) groups is 1. The standard InChI is InChI=1S/C20H24ClNO3/c1-4-5-10-24-17-8-6-16(7-9-17)22-19(23)13-25-18-11-14(2)20(21)15(3)12-18/h6-9,11-12H,4-5,10,13H2,1-3H3,(H,22,23). The highest BCUT2D eigenvalue weighted by Crippen LogP contribution is 2.25.